The third kappa shape index (κ3) is 5.30. The summed E-state index contributed by atoms with van der Waals surface area (Å²) in [6.07, 6.45) is 6.14. The molecule has 0 radical (unpaired) electrons. The molecule has 6 rings (SSSR count). The molecule has 4 aromatic rings. The highest BCUT2D eigenvalue weighted by molar-refractivity contribution is 5.82. The van der Waals surface area contributed by atoms with Gasteiger partial charge in [-0.15, -0.1) is 0 Å². The normalized spacial score (nSPS) is 19.5. The van der Waals surface area contributed by atoms with E-state index in [1.807, 2.05) is 37.1 Å². The van der Waals surface area contributed by atoms with Crippen LogP contribution in [0.1, 0.15) is 63.3 Å². The maximum atomic E-state index is 12.9. The molecule has 0 saturated carbocycles. The Hall–Kier alpha value is -4.44. The molecule has 3 atom stereocenters. The zero-order valence-electron chi connectivity index (χ0n) is 24.0. The van der Waals surface area contributed by atoms with Crippen LogP contribution < -0.4 is 5.73 Å². The van der Waals surface area contributed by atoms with E-state index in [2.05, 4.69) is 56.3 Å². The third-order valence-electron chi connectivity index (χ3n) is 8.59. The van der Waals surface area contributed by atoms with Gasteiger partial charge in [0.05, 0.1) is 41.9 Å². The van der Waals surface area contributed by atoms with E-state index in [9.17, 15) is 14.7 Å². The maximum absolute atomic E-state index is 12.9. The number of rotatable bonds is 7. The van der Waals surface area contributed by atoms with Crippen LogP contribution in [-0.2, 0) is 4.79 Å². The van der Waals surface area contributed by atoms with Gasteiger partial charge in [-0.25, -0.2) is 14.8 Å². The van der Waals surface area contributed by atoms with Crippen molar-refractivity contribution >= 4 is 12.0 Å². The number of hydrogen-bond donors (Lipinski definition) is 4. The number of carbonyl (C=O) groups is 2. The molecule has 2 amide bonds. The molecule has 42 heavy (non-hydrogen) atoms. The summed E-state index contributed by atoms with van der Waals surface area (Å²) in [7, 11) is 0. The first-order valence-corrected chi connectivity index (χ1v) is 14.7. The average Bonchev–Trinajstić information content (AvgIpc) is 3.82. The van der Waals surface area contributed by atoms with E-state index in [1.54, 1.807) is 6.20 Å². The topological polar surface area (TPSA) is 144 Å². The number of carboxylic acid groups (broad SMARTS) is 1. The van der Waals surface area contributed by atoms with Gasteiger partial charge in [0.2, 0.25) is 5.91 Å². The van der Waals surface area contributed by atoms with Crippen LogP contribution in [0.25, 0.3) is 33.6 Å². The van der Waals surface area contributed by atoms with Crippen molar-refractivity contribution in [3.63, 3.8) is 0 Å². The molecule has 2 aromatic heterocycles. The molecule has 0 bridgehead atoms. The smallest absolute Gasteiger partial charge is 0.407 e. The summed E-state index contributed by atoms with van der Waals surface area (Å²) in [4.78, 5) is 43.7. The van der Waals surface area contributed by atoms with Crippen molar-refractivity contribution in [2.75, 3.05) is 13.1 Å². The number of imidazole rings is 2. The van der Waals surface area contributed by atoms with Crippen LogP contribution in [0.2, 0.25) is 0 Å². The molecule has 5 N–H and O–H groups in total. The summed E-state index contributed by atoms with van der Waals surface area (Å²) >= 11 is 0. The van der Waals surface area contributed by atoms with Gasteiger partial charge in [-0.2, -0.15) is 0 Å². The molecule has 2 aliphatic rings. The largest absolute Gasteiger partial charge is 0.465 e. The summed E-state index contributed by atoms with van der Waals surface area (Å²) in [5, 5.41) is 9.46. The zero-order valence-corrected chi connectivity index (χ0v) is 24.0. The second kappa shape index (κ2) is 11.4. The molecule has 2 aliphatic heterocycles. The monoisotopic (exact) mass is 567 g/mol. The number of amides is 2. The van der Waals surface area contributed by atoms with Crippen LogP contribution in [0, 0.1) is 5.92 Å². The molecule has 218 valence electrons. The van der Waals surface area contributed by atoms with E-state index < -0.39 is 12.1 Å². The fourth-order valence-corrected chi connectivity index (χ4v) is 6.06. The van der Waals surface area contributed by atoms with Crippen LogP contribution in [0.3, 0.4) is 0 Å². The van der Waals surface area contributed by atoms with Gasteiger partial charge in [-0.3, -0.25) is 9.69 Å². The minimum Gasteiger partial charge on any atom is -0.465 e. The van der Waals surface area contributed by atoms with E-state index in [0.717, 1.165) is 65.1 Å². The highest BCUT2D eigenvalue weighted by atomic mass is 16.4. The molecule has 10 heteroatoms. The Kier molecular flexibility index (Phi) is 7.55. The molecule has 10 nitrogen and oxygen atoms in total. The SMILES string of the molecule is CC(C)[C@H](N)C(=O)N1CCC[C@H]1c1ncc(-c2ccc(-c3ccc(-c4cnc(C5CCCN5C(=O)O)[nH]4)cc3)cc2)[nH]1. The van der Waals surface area contributed by atoms with Gasteiger partial charge in [0.25, 0.3) is 0 Å². The number of hydrogen-bond acceptors (Lipinski definition) is 5. The lowest BCUT2D eigenvalue weighted by molar-refractivity contribution is -0.134. The molecule has 2 saturated heterocycles. The lowest BCUT2D eigenvalue weighted by Gasteiger charge is -2.27. The van der Waals surface area contributed by atoms with E-state index in [4.69, 9.17) is 5.73 Å². The second-order valence-electron chi connectivity index (χ2n) is 11.6. The highest BCUT2D eigenvalue weighted by Crippen LogP contribution is 2.34. The quantitative estimate of drug-likeness (QED) is 0.229. The Labute approximate surface area is 245 Å². The molecule has 1 unspecified atom stereocenters. The number of nitrogens with one attached hydrogen (secondary N) is 2. The molecule has 2 fully saturated rings. The fraction of sp³-hybridized carbons (Fsp3) is 0.375. The van der Waals surface area contributed by atoms with E-state index >= 15 is 0 Å². The molecule has 0 spiro atoms. The molecule has 2 aromatic carbocycles. The van der Waals surface area contributed by atoms with Crippen molar-refractivity contribution in [1.82, 2.24) is 29.7 Å². The Morgan fingerprint density at radius 2 is 1.21 bits per heavy atom. The summed E-state index contributed by atoms with van der Waals surface area (Å²) in [6, 6.07) is 15.8. The lowest BCUT2D eigenvalue weighted by Crippen LogP contribution is -2.46. The maximum Gasteiger partial charge on any atom is 0.407 e. The van der Waals surface area contributed by atoms with Gasteiger partial charge >= 0.3 is 6.09 Å². The number of aromatic nitrogens is 4. The molecule has 0 aliphatic carbocycles. The first-order chi connectivity index (χ1) is 20.3. The summed E-state index contributed by atoms with van der Waals surface area (Å²) in [5.74, 6) is 1.58. The van der Waals surface area contributed by atoms with Crippen molar-refractivity contribution in [1.29, 1.82) is 0 Å². The van der Waals surface area contributed by atoms with Crippen molar-refractivity contribution in [3.8, 4) is 33.6 Å². The van der Waals surface area contributed by atoms with Crippen molar-refractivity contribution < 1.29 is 14.7 Å². The van der Waals surface area contributed by atoms with Gasteiger partial charge in [0, 0.05) is 13.1 Å². The fourth-order valence-electron chi connectivity index (χ4n) is 6.06. The van der Waals surface area contributed by atoms with Crippen LogP contribution in [0.15, 0.2) is 60.9 Å². The van der Waals surface area contributed by atoms with Crippen LogP contribution in [0.5, 0.6) is 0 Å². The van der Waals surface area contributed by atoms with Crippen LogP contribution in [-0.4, -0.2) is 66.0 Å². The summed E-state index contributed by atoms with van der Waals surface area (Å²) in [6.45, 7) is 5.19. The predicted molar refractivity (Wildman–Crippen MR) is 160 cm³/mol. The summed E-state index contributed by atoms with van der Waals surface area (Å²) < 4.78 is 0. The first-order valence-electron chi connectivity index (χ1n) is 14.7. The van der Waals surface area contributed by atoms with Gasteiger partial charge in [-0.05, 0) is 53.9 Å². The third-order valence-corrected chi connectivity index (χ3v) is 8.59. The average molecular weight is 568 g/mol. The Balaban J connectivity index is 1.13. The minimum absolute atomic E-state index is 0.00700. The molecular formula is C32H37N7O3. The summed E-state index contributed by atoms with van der Waals surface area (Å²) in [5.41, 5.74) is 12.1. The van der Waals surface area contributed by atoms with Gasteiger partial charge in [0.1, 0.15) is 11.6 Å². The van der Waals surface area contributed by atoms with E-state index in [-0.39, 0.29) is 23.9 Å². The highest BCUT2D eigenvalue weighted by Gasteiger charge is 2.35. The van der Waals surface area contributed by atoms with Crippen molar-refractivity contribution in [2.24, 2.45) is 11.7 Å². The van der Waals surface area contributed by atoms with Gasteiger partial charge in [-0.1, -0.05) is 62.4 Å². The Morgan fingerprint density at radius 3 is 1.67 bits per heavy atom. The number of carbonyl (C=O) groups excluding carboxylic acids is 1. The standard InChI is InChI=1S/C32H37N7O3/c1-19(2)28(33)31(40)38-15-3-5-26(38)29-34-17-24(36-29)22-11-7-20(8-12-22)21-9-13-23(14-10-21)25-18-35-30(37-25)27-6-4-16-39(27)32(41)42/h7-14,17-19,26-28H,3-6,15-16,33H2,1-2H3,(H,34,36)(H,35,37)(H,41,42)/t26-,27?,28-/m0/s1. The van der Waals surface area contributed by atoms with Crippen molar-refractivity contribution in [2.45, 2.75) is 57.7 Å². The van der Waals surface area contributed by atoms with Crippen LogP contribution >= 0.6 is 0 Å². The number of likely N-dealkylation sites (tertiary alicyclic amines) is 2. The Morgan fingerprint density at radius 1 is 0.786 bits per heavy atom. The van der Waals surface area contributed by atoms with Gasteiger partial charge < -0.3 is 25.7 Å². The van der Waals surface area contributed by atoms with Crippen LogP contribution in [0.4, 0.5) is 4.79 Å². The molecule has 4 heterocycles. The first kappa shape index (κ1) is 27.7. The minimum atomic E-state index is -0.905. The van der Waals surface area contributed by atoms with Gasteiger partial charge in [0.15, 0.2) is 0 Å². The van der Waals surface area contributed by atoms with E-state index in [0.29, 0.717) is 18.9 Å². The number of nitrogens with zero attached hydrogens (tertiary/aromatic N) is 4. The zero-order chi connectivity index (χ0) is 29.4. The number of aromatic amines is 2. The van der Waals surface area contributed by atoms with Crippen molar-refractivity contribution in [3.05, 3.63) is 72.6 Å². The number of H-pyrrole nitrogens is 2. The Bertz CT molecular complexity index is 1560. The second-order valence-corrected chi connectivity index (χ2v) is 11.6. The molecular weight excluding hydrogens is 530 g/mol. The number of nitrogens with two attached hydrogens (primary N) is 1. The number of benzene rings is 2. The lowest BCUT2D eigenvalue weighted by atomic mass is 10.0. The van der Waals surface area contributed by atoms with E-state index in [1.165, 1.54) is 4.90 Å². The predicted octanol–water partition coefficient (Wildman–Crippen LogP) is 5.60.